The van der Waals surface area contributed by atoms with Crippen molar-refractivity contribution in [3.05, 3.63) is 35.5 Å². The molecule has 3 heteroatoms. The molecule has 0 aromatic heterocycles. The third-order valence-electron chi connectivity index (χ3n) is 5.51. The Morgan fingerprint density at radius 1 is 1.25 bits per heavy atom. The summed E-state index contributed by atoms with van der Waals surface area (Å²) < 4.78 is 6.29. The third kappa shape index (κ3) is 6.17. The molecule has 0 amide bonds. The van der Waals surface area contributed by atoms with E-state index in [4.69, 9.17) is 4.43 Å². The van der Waals surface area contributed by atoms with Crippen LogP contribution in [0.2, 0.25) is 18.1 Å². The van der Waals surface area contributed by atoms with Gasteiger partial charge in [-0.2, -0.15) is 0 Å². The Labute approximate surface area is 150 Å². The fraction of sp³-hybridized carbons (Fsp3) is 0.667. The second-order valence-electron chi connectivity index (χ2n) is 8.78. The minimum absolute atomic E-state index is 0.119. The molecule has 136 valence electrons. The molecule has 1 aliphatic carbocycles. The molecule has 0 saturated heterocycles. The average molecular weight is 349 g/mol. The highest BCUT2D eigenvalue weighted by Crippen LogP contribution is 2.37. The fourth-order valence-electron chi connectivity index (χ4n) is 2.57. The molecule has 0 fully saturated rings. The topological polar surface area (TPSA) is 26.3 Å². The standard InChI is InChI=1S/C21H36O2Si/c1-16-10-9-11-17(2)14-20(22)19(13-12-16)18(3)15-23-24(7,8)21(4,5)6/h10,14,19H,3,9,11-13,15H2,1-2,4-8H3/b16-10+,17-14+/t19-/m0/s1. The van der Waals surface area contributed by atoms with E-state index in [2.05, 4.69) is 60.4 Å². The van der Waals surface area contributed by atoms with Crippen LogP contribution in [0.25, 0.3) is 0 Å². The zero-order valence-electron chi connectivity index (χ0n) is 16.8. The normalized spacial score (nSPS) is 25.5. The lowest BCUT2D eigenvalue weighted by Gasteiger charge is -2.36. The van der Waals surface area contributed by atoms with Crippen molar-refractivity contribution in [2.45, 2.75) is 78.4 Å². The van der Waals surface area contributed by atoms with Crippen molar-refractivity contribution in [3.63, 3.8) is 0 Å². The molecule has 0 heterocycles. The number of carbonyl (C=O) groups excluding carboxylic acids is 1. The van der Waals surface area contributed by atoms with Gasteiger partial charge in [0.1, 0.15) is 0 Å². The first-order valence-corrected chi connectivity index (χ1v) is 12.0. The Hall–Kier alpha value is -0.933. The predicted octanol–water partition coefficient (Wildman–Crippen LogP) is 6.22. The van der Waals surface area contributed by atoms with Gasteiger partial charge < -0.3 is 4.43 Å². The summed E-state index contributed by atoms with van der Waals surface area (Å²) in [4.78, 5) is 12.7. The van der Waals surface area contributed by atoms with E-state index in [-0.39, 0.29) is 16.7 Å². The fourth-order valence-corrected chi connectivity index (χ4v) is 3.55. The van der Waals surface area contributed by atoms with Crippen LogP contribution in [-0.4, -0.2) is 20.7 Å². The van der Waals surface area contributed by atoms with Gasteiger partial charge in [0.05, 0.1) is 6.61 Å². The number of hydrogen-bond acceptors (Lipinski definition) is 2. The summed E-state index contributed by atoms with van der Waals surface area (Å²) in [5, 5.41) is 0.170. The van der Waals surface area contributed by atoms with Crippen LogP contribution in [0.1, 0.15) is 60.3 Å². The van der Waals surface area contributed by atoms with Gasteiger partial charge in [-0.05, 0) is 69.3 Å². The number of rotatable bonds is 4. The SMILES string of the molecule is C=C(CO[Si](C)(C)C(C)(C)C)[C@@H]1CC/C(C)=C/CC/C(C)=C/C1=O. The molecule has 0 bridgehead atoms. The summed E-state index contributed by atoms with van der Waals surface area (Å²) in [6.07, 6.45) is 7.92. The summed E-state index contributed by atoms with van der Waals surface area (Å²) in [7, 11) is -1.82. The van der Waals surface area contributed by atoms with Gasteiger partial charge in [-0.15, -0.1) is 0 Å². The first kappa shape index (κ1) is 21.1. The van der Waals surface area contributed by atoms with Gasteiger partial charge in [0, 0.05) is 5.92 Å². The summed E-state index contributed by atoms with van der Waals surface area (Å²) in [5.74, 6) is 0.0807. The van der Waals surface area contributed by atoms with Crippen molar-refractivity contribution in [3.8, 4) is 0 Å². The second-order valence-corrected chi connectivity index (χ2v) is 13.6. The molecule has 0 N–H and O–H groups in total. The average Bonchev–Trinajstić information content (AvgIpc) is 2.43. The zero-order valence-corrected chi connectivity index (χ0v) is 17.8. The van der Waals surface area contributed by atoms with Crippen LogP contribution in [-0.2, 0) is 9.22 Å². The van der Waals surface area contributed by atoms with Crippen molar-refractivity contribution < 1.29 is 9.22 Å². The van der Waals surface area contributed by atoms with E-state index in [9.17, 15) is 4.79 Å². The largest absolute Gasteiger partial charge is 0.413 e. The van der Waals surface area contributed by atoms with E-state index in [0.29, 0.717) is 6.61 Å². The van der Waals surface area contributed by atoms with Crippen molar-refractivity contribution in [1.29, 1.82) is 0 Å². The van der Waals surface area contributed by atoms with E-state index >= 15 is 0 Å². The van der Waals surface area contributed by atoms with E-state index in [0.717, 1.165) is 36.8 Å². The maximum absolute atomic E-state index is 12.7. The third-order valence-corrected chi connectivity index (χ3v) is 9.99. The van der Waals surface area contributed by atoms with Crippen LogP contribution in [0.3, 0.4) is 0 Å². The van der Waals surface area contributed by atoms with Crippen LogP contribution in [0, 0.1) is 5.92 Å². The maximum Gasteiger partial charge on any atom is 0.192 e. The van der Waals surface area contributed by atoms with Gasteiger partial charge in [0.25, 0.3) is 0 Å². The summed E-state index contributed by atoms with van der Waals surface area (Å²) in [6, 6.07) is 0. The predicted molar refractivity (Wildman–Crippen MR) is 107 cm³/mol. The van der Waals surface area contributed by atoms with Gasteiger partial charge in [-0.25, -0.2) is 0 Å². The highest BCUT2D eigenvalue weighted by Gasteiger charge is 2.37. The molecule has 1 aliphatic rings. The number of hydrogen-bond donors (Lipinski definition) is 0. The van der Waals surface area contributed by atoms with E-state index < -0.39 is 8.32 Å². The molecule has 2 nitrogen and oxygen atoms in total. The first-order valence-electron chi connectivity index (χ1n) is 9.12. The van der Waals surface area contributed by atoms with Crippen LogP contribution in [0.5, 0.6) is 0 Å². The van der Waals surface area contributed by atoms with Crippen molar-refractivity contribution in [2.75, 3.05) is 6.61 Å². The summed E-state index contributed by atoms with van der Waals surface area (Å²) in [6.45, 7) is 20.1. The Bertz CT molecular complexity index is 533. The van der Waals surface area contributed by atoms with Gasteiger partial charge >= 0.3 is 0 Å². The molecular weight excluding hydrogens is 312 g/mol. The smallest absolute Gasteiger partial charge is 0.192 e. The second kappa shape index (κ2) is 8.44. The molecule has 24 heavy (non-hydrogen) atoms. The van der Waals surface area contributed by atoms with Crippen LogP contribution in [0.15, 0.2) is 35.5 Å². The number of carbonyl (C=O) groups is 1. The maximum atomic E-state index is 12.7. The van der Waals surface area contributed by atoms with Gasteiger partial charge in [-0.3, -0.25) is 4.79 Å². The van der Waals surface area contributed by atoms with E-state index in [1.807, 2.05) is 6.08 Å². The van der Waals surface area contributed by atoms with E-state index in [1.54, 1.807) is 0 Å². The van der Waals surface area contributed by atoms with Crippen molar-refractivity contribution >= 4 is 14.1 Å². The Morgan fingerprint density at radius 3 is 2.46 bits per heavy atom. The van der Waals surface area contributed by atoms with Crippen LogP contribution in [0.4, 0.5) is 0 Å². The minimum Gasteiger partial charge on any atom is -0.413 e. The molecular formula is C21H36O2Si. The van der Waals surface area contributed by atoms with Crippen LogP contribution >= 0.6 is 0 Å². The first-order chi connectivity index (χ1) is 10.9. The lowest BCUT2D eigenvalue weighted by atomic mass is 9.87. The molecule has 1 rings (SSSR count). The summed E-state index contributed by atoms with van der Waals surface area (Å²) in [5.41, 5.74) is 3.47. The van der Waals surface area contributed by atoms with Crippen molar-refractivity contribution in [1.82, 2.24) is 0 Å². The molecule has 0 aromatic rings. The molecule has 0 unspecified atom stereocenters. The minimum atomic E-state index is -1.82. The molecule has 0 radical (unpaired) electrons. The Balaban J connectivity index is 2.85. The molecule has 0 saturated carbocycles. The van der Waals surface area contributed by atoms with Gasteiger partial charge in [0.2, 0.25) is 0 Å². The molecule has 0 aromatic carbocycles. The highest BCUT2D eigenvalue weighted by molar-refractivity contribution is 6.74. The highest BCUT2D eigenvalue weighted by atomic mass is 28.4. The zero-order chi connectivity index (χ0) is 18.5. The summed E-state index contributed by atoms with van der Waals surface area (Å²) >= 11 is 0. The Kier molecular flexibility index (Phi) is 7.42. The quantitative estimate of drug-likeness (QED) is 0.445. The van der Waals surface area contributed by atoms with Gasteiger partial charge in [-0.1, -0.05) is 44.6 Å². The number of allylic oxidation sites excluding steroid dienone is 4. The van der Waals surface area contributed by atoms with Crippen molar-refractivity contribution in [2.24, 2.45) is 5.92 Å². The Morgan fingerprint density at radius 2 is 1.88 bits per heavy atom. The molecule has 0 spiro atoms. The molecule has 0 aliphatic heterocycles. The number of ketones is 1. The lowest BCUT2D eigenvalue weighted by Crippen LogP contribution is -2.41. The lowest BCUT2D eigenvalue weighted by molar-refractivity contribution is -0.117. The van der Waals surface area contributed by atoms with Crippen LogP contribution < -0.4 is 0 Å². The van der Waals surface area contributed by atoms with E-state index in [1.165, 1.54) is 5.57 Å². The molecule has 1 atom stereocenters. The van der Waals surface area contributed by atoms with Gasteiger partial charge in [0.15, 0.2) is 14.1 Å². The monoisotopic (exact) mass is 348 g/mol.